The van der Waals surface area contributed by atoms with Crippen molar-refractivity contribution < 1.29 is 4.74 Å². The summed E-state index contributed by atoms with van der Waals surface area (Å²) in [5, 5.41) is 5.09. The first-order chi connectivity index (χ1) is 6.19. The Morgan fingerprint density at radius 3 is 2.69 bits per heavy atom. The predicted octanol–water partition coefficient (Wildman–Crippen LogP) is 0.369. The van der Waals surface area contributed by atoms with Crippen LogP contribution in [0.1, 0.15) is 12.8 Å². The molecule has 1 saturated carbocycles. The van der Waals surface area contributed by atoms with Crippen molar-refractivity contribution in [3.63, 3.8) is 0 Å². The Morgan fingerprint density at radius 1 is 1.62 bits per heavy atom. The quantitative estimate of drug-likeness (QED) is 0.694. The minimum Gasteiger partial charge on any atom is -0.382 e. The molecular formula is C7H11N3O2S. The molecule has 1 aliphatic carbocycles. The second-order valence-electron chi connectivity index (χ2n) is 3.35. The molecule has 0 saturated heterocycles. The minimum absolute atomic E-state index is 0.181. The van der Waals surface area contributed by atoms with E-state index in [0.717, 1.165) is 12.8 Å². The van der Waals surface area contributed by atoms with E-state index >= 15 is 0 Å². The third-order valence-corrected chi connectivity index (χ3v) is 2.68. The van der Waals surface area contributed by atoms with Gasteiger partial charge in [0.1, 0.15) is 0 Å². The molecule has 0 amide bonds. The number of nitrogens with one attached hydrogen (secondary N) is 2. The summed E-state index contributed by atoms with van der Waals surface area (Å²) < 4.78 is 7.09. The van der Waals surface area contributed by atoms with Gasteiger partial charge in [0.2, 0.25) is 0 Å². The van der Waals surface area contributed by atoms with Crippen molar-refractivity contribution in [2.75, 3.05) is 13.7 Å². The van der Waals surface area contributed by atoms with Gasteiger partial charge in [0.25, 0.3) is 0 Å². The molecule has 72 valence electrons. The summed E-state index contributed by atoms with van der Waals surface area (Å²) in [5.74, 6) is 0. The lowest BCUT2D eigenvalue weighted by Gasteiger charge is -2.13. The van der Waals surface area contributed by atoms with Gasteiger partial charge in [-0.3, -0.25) is 9.67 Å². The van der Waals surface area contributed by atoms with Gasteiger partial charge in [-0.05, 0) is 25.1 Å². The van der Waals surface area contributed by atoms with Crippen LogP contribution in [0, 0.1) is 4.77 Å². The Bertz CT molecular complexity index is 384. The first kappa shape index (κ1) is 8.71. The number of methoxy groups -OCH3 is 1. The van der Waals surface area contributed by atoms with Crippen molar-refractivity contribution in [3.8, 4) is 0 Å². The zero-order chi connectivity index (χ0) is 9.47. The van der Waals surface area contributed by atoms with Crippen LogP contribution in [0.5, 0.6) is 0 Å². The monoisotopic (exact) mass is 201 g/mol. The average Bonchev–Trinajstić information content (AvgIpc) is 2.76. The fraction of sp³-hybridized carbons (Fsp3) is 0.714. The van der Waals surface area contributed by atoms with Crippen LogP contribution in [0.25, 0.3) is 0 Å². The zero-order valence-corrected chi connectivity index (χ0v) is 8.11. The molecule has 0 atom stereocenters. The molecule has 0 bridgehead atoms. The van der Waals surface area contributed by atoms with Crippen molar-refractivity contribution in [2.24, 2.45) is 0 Å². The lowest BCUT2D eigenvalue weighted by Crippen LogP contribution is -2.32. The van der Waals surface area contributed by atoms with Crippen LogP contribution in [-0.4, -0.2) is 28.5 Å². The van der Waals surface area contributed by atoms with Gasteiger partial charge in [0.05, 0.1) is 12.1 Å². The fourth-order valence-corrected chi connectivity index (χ4v) is 1.91. The van der Waals surface area contributed by atoms with Crippen LogP contribution in [0.15, 0.2) is 4.79 Å². The van der Waals surface area contributed by atoms with Gasteiger partial charge in [0, 0.05) is 7.11 Å². The number of H-pyrrole nitrogens is 2. The first-order valence-electron chi connectivity index (χ1n) is 4.09. The third-order valence-electron chi connectivity index (χ3n) is 2.40. The third kappa shape index (κ3) is 1.26. The Labute approximate surface area is 79.7 Å². The average molecular weight is 201 g/mol. The summed E-state index contributed by atoms with van der Waals surface area (Å²) >= 11 is 5.00. The minimum atomic E-state index is -0.181. The molecule has 6 heteroatoms. The molecule has 0 aliphatic heterocycles. The van der Waals surface area contributed by atoms with Crippen molar-refractivity contribution in [1.29, 1.82) is 0 Å². The standard InChI is InChI=1S/C7H11N3O2S/c1-12-4-7(2-3-7)10-5(11)8-9-6(10)13/h2-4H2,1H3,(H,8,11)(H,9,13). The molecule has 0 radical (unpaired) electrons. The normalized spacial score (nSPS) is 18.8. The van der Waals surface area contributed by atoms with Crippen molar-refractivity contribution in [3.05, 3.63) is 15.3 Å². The summed E-state index contributed by atoms with van der Waals surface area (Å²) in [7, 11) is 1.63. The Morgan fingerprint density at radius 2 is 2.31 bits per heavy atom. The first-order valence-corrected chi connectivity index (χ1v) is 4.49. The maximum absolute atomic E-state index is 11.4. The molecule has 1 fully saturated rings. The predicted molar refractivity (Wildman–Crippen MR) is 49.3 cm³/mol. The van der Waals surface area contributed by atoms with Crippen molar-refractivity contribution >= 4 is 12.2 Å². The molecule has 2 rings (SSSR count). The molecule has 0 unspecified atom stereocenters. The lowest BCUT2D eigenvalue weighted by atomic mass is 10.3. The highest BCUT2D eigenvalue weighted by atomic mass is 32.1. The maximum atomic E-state index is 11.4. The van der Waals surface area contributed by atoms with Gasteiger partial charge < -0.3 is 4.74 Å². The van der Waals surface area contributed by atoms with E-state index in [1.165, 1.54) is 0 Å². The van der Waals surface area contributed by atoms with E-state index in [-0.39, 0.29) is 11.2 Å². The van der Waals surface area contributed by atoms with E-state index in [4.69, 9.17) is 17.0 Å². The van der Waals surface area contributed by atoms with E-state index in [1.54, 1.807) is 11.7 Å². The molecule has 0 aromatic carbocycles. The highest BCUT2D eigenvalue weighted by molar-refractivity contribution is 7.71. The van der Waals surface area contributed by atoms with E-state index in [2.05, 4.69) is 10.2 Å². The molecule has 13 heavy (non-hydrogen) atoms. The van der Waals surface area contributed by atoms with Crippen LogP contribution >= 0.6 is 12.2 Å². The van der Waals surface area contributed by atoms with E-state index < -0.39 is 0 Å². The largest absolute Gasteiger partial charge is 0.382 e. The van der Waals surface area contributed by atoms with Gasteiger partial charge in [-0.2, -0.15) is 0 Å². The Kier molecular flexibility index (Phi) is 1.88. The van der Waals surface area contributed by atoms with Gasteiger partial charge in [0.15, 0.2) is 4.77 Å². The Hall–Kier alpha value is -0.880. The number of nitrogens with zero attached hydrogens (tertiary/aromatic N) is 1. The van der Waals surface area contributed by atoms with Gasteiger partial charge in [-0.15, -0.1) is 0 Å². The summed E-state index contributed by atoms with van der Waals surface area (Å²) in [5.41, 5.74) is -0.362. The summed E-state index contributed by atoms with van der Waals surface area (Å²) in [6, 6.07) is 0. The zero-order valence-electron chi connectivity index (χ0n) is 7.29. The second-order valence-corrected chi connectivity index (χ2v) is 3.74. The highest BCUT2D eigenvalue weighted by Crippen LogP contribution is 2.42. The molecule has 1 aromatic heterocycles. The van der Waals surface area contributed by atoms with Crippen LogP contribution in [-0.2, 0) is 10.3 Å². The molecule has 1 heterocycles. The van der Waals surface area contributed by atoms with E-state index in [0.29, 0.717) is 11.4 Å². The number of hydrogen-bond acceptors (Lipinski definition) is 3. The molecule has 1 aromatic rings. The molecule has 5 nitrogen and oxygen atoms in total. The van der Waals surface area contributed by atoms with E-state index in [9.17, 15) is 4.79 Å². The van der Waals surface area contributed by atoms with Gasteiger partial charge in [-0.1, -0.05) is 0 Å². The topological polar surface area (TPSA) is 62.8 Å². The van der Waals surface area contributed by atoms with Crippen LogP contribution in [0.2, 0.25) is 0 Å². The molecule has 1 aliphatic rings. The summed E-state index contributed by atoms with van der Waals surface area (Å²) in [6.07, 6.45) is 1.91. The van der Waals surface area contributed by atoms with Gasteiger partial charge in [-0.25, -0.2) is 9.89 Å². The smallest absolute Gasteiger partial charge is 0.342 e. The van der Waals surface area contributed by atoms with Gasteiger partial charge >= 0.3 is 5.69 Å². The van der Waals surface area contributed by atoms with Crippen LogP contribution < -0.4 is 5.69 Å². The van der Waals surface area contributed by atoms with Crippen molar-refractivity contribution in [1.82, 2.24) is 14.8 Å². The summed E-state index contributed by atoms with van der Waals surface area (Å²) in [4.78, 5) is 11.4. The summed E-state index contributed by atoms with van der Waals surface area (Å²) in [6.45, 7) is 0.544. The van der Waals surface area contributed by atoms with E-state index in [1.807, 2.05) is 0 Å². The number of ether oxygens (including phenoxy) is 1. The molecule has 2 N–H and O–H groups in total. The number of aromatic nitrogens is 3. The second kappa shape index (κ2) is 2.81. The fourth-order valence-electron chi connectivity index (χ4n) is 1.59. The number of aromatic amines is 2. The Balaban J connectivity index is 2.46. The lowest BCUT2D eigenvalue weighted by molar-refractivity contribution is 0.141. The van der Waals surface area contributed by atoms with Crippen molar-refractivity contribution in [2.45, 2.75) is 18.4 Å². The SMILES string of the molecule is COCC1(n2c(=O)[nH][nH]c2=S)CC1. The number of rotatable bonds is 3. The molecule has 0 spiro atoms. The van der Waals surface area contributed by atoms with Crippen LogP contribution in [0.3, 0.4) is 0 Å². The molecular weight excluding hydrogens is 190 g/mol. The van der Waals surface area contributed by atoms with Crippen LogP contribution in [0.4, 0.5) is 0 Å². The maximum Gasteiger partial charge on any atom is 0.342 e. The number of hydrogen-bond donors (Lipinski definition) is 2. The highest BCUT2D eigenvalue weighted by Gasteiger charge is 2.46.